The number of nitrogens with two attached hydrogens (primary N) is 1. The third-order valence-electron chi connectivity index (χ3n) is 2.32. The summed E-state index contributed by atoms with van der Waals surface area (Å²) >= 11 is -0.111. The number of rotatable bonds is 6. The van der Waals surface area contributed by atoms with Crippen LogP contribution in [0.3, 0.4) is 0 Å². The lowest BCUT2D eigenvalue weighted by Gasteiger charge is -2.13. The Morgan fingerprint density at radius 1 is 1.32 bits per heavy atom. The number of hydrogen-bond acceptors (Lipinski definition) is 4. The van der Waals surface area contributed by atoms with Gasteiger partial charge in [0, 0.05) is 11.8 Å². The second-order valence-electron chi connectivity index (χ2n) is 3.84. The molecule has 0 heterocycles. The van der Waals surface area contributed by atoms with Crippen LogP contribution in [0.2, 0.25) is 0 Å². The van der Waals surface area contributed by atoms with Crippen LogP contribution in [0.4, 0.5) is 13.2 Å². The second kappa shape index (κ2) is 6.91. The smallest absolute Gasteiger partial charge is 0.441 e. The van der Waals surface area contributed by atoms with Gasteiger partial charge < -0.3 is 15.2 Å². The third-order valence-corrected chi connectivity index (χ3v) is 3.02. The molecule has 0 aliphatic carbocycles. The van der Waals surface area contributed by atoms with Gasteiger partial charge in [0.05, 0.1) is 13.7 Å². The van der Waals surface area contributed by atoms with Gasteiger partial charge in [-0.25, -0.2) is 0 Å². The molecule has 0 aliphatic heterocycles. The molecule has 0 aliphatic rings. The summed E-state index contributed by atoms with van der Waals surface area (Å²) in [5.41, 5.74) is 2.37. The highest BCUT2D eigenvalue weighted by molar-refractivity contribution is 8.00. The van der Waals surface area contributed by atoms with Crippen molar-refractivity contribution in [2.75, 3.05) is 19.5 Å². The normalized spacial score (nSPS) is 13.2. The SMILES string of the molecule is COc1cc([C@H](C)N)ccc1OCCSC(F)(F)F. The van der Waals surface area contributed by atoms with Crippen molar-refractivity contribution in [2.24, 2.45) is 5.73 Å². The van der Waals surface area contributed by atoms with Crippen LogP contribution in [0.25, 0.3) is 0 Å². The minimum absolute atomic E-state index is 0.0436. The lowest BCUT2D eigenvalue weighted by atomic mass is 10.1. The molecule has 0 bridgehead atoms. The number of methoxy groups -OCH3 is 1. The number of benzene rings is 1. The highest BCUT2D eigenvalue weighted by atomic mass is 32.2. The van der Waals surface area contributed by atoms with Gasteiger partial charge in [-0.2, -0.15) is 13.2 Å². The largest absolute Gasteiger partial charge is 0.493 e. The van der Waals surface area contributed by atoms with Crippen molar-refractivity contribution < 1.29 is 22.6 Å². The van der Waals surface area contributed by atoms with Crippen molar-refractivity contribution in [3.8, 4) is 11.5 Å². The first-order valence-corrected chi connectivity index (χ1v) is 6.59. The van der Waals surface area contributed by atoms with Crippen LogP contribution in [-0.2, 0) is 0 Å². The monoisotopic (exact) mass is 295 g/mol. The summed E-state index contributed by atoms with van der Waals surface area (Å²) in [6, 6.07) is 4.98. The molecular formula is C12H16F3NO2S. The van der Waals surface area contributed by atoms with E-state index in [0.717, 1.165) is 5.56 Å². The number of alkyl halides is 3. The molecule has 0 fully saturated rings. The minimum atomic E-state index is -4.23. The van der Waals surface area contributed by atoms with Crippen LogP contribution in [0.5, 0.6) is 11.5 Å². The third kappa shape index (κ3) is 5.61. The molecule has 1 rings (SSSR count). The highest BCUT2D eigenvalue weighted by Gasteiger charge is 2.27. The van der Waals surface area contributed by atoms with Gasteiger partial charge in [-0.15, -0.1) is 0 Å². The number of thioether (sulfide) groups is 1. The van der Waals surface area contributed by atoms with E-state index in [4.69, 9.17) is 15.2 Å². The molecule has 108 valence electrons. The fourth-order valence-corrected chi connectivity index (χ4v) is 1.79. The lowest BCUT2D eigenvalue weighted by Crippen LogP contribution is -2.09. The molecule has 0 saturated heterocycles. The van der Waals surface area contributed by atoms with E-state index in [0.29, 0.717) is 11.5 Å². The molecule has 7 heteroatoms. The maximum absolute atomic E-state index is 11.9. The van der Waals surface area contributed by atoms with E-state index in [9.17, 15) is 13.2 Å². The molecule has 3 nitrogen and oxygen atoms in total. The average molecular weight is 295 g/mol. The van der Waals surface area contributed by atoms with Gasteiger partial charge in [0.2, 0.25) is 0 Å². The van der Waals surface area contributed by atoms with E-state index in [1.165, 1.54) is 7.11 Å². The van der Waals surface area contributed by atoms with Crippen LogP contribution >= 0.6 is 11.8 Å². The summed E-state index contributed by atoms with van der Waals surface area (Å²) in [5, 5.41) is 0. The summed E-state index contributed by atoms with van der Waals surface area (Å²) < 4.78 is 46.2. The molecule has 1 aromatic carbocycles. The topological polar surface area (TPSA) is 44.5 Å². The Bertz CT molecular complexity index is 410. The van der Waals surface area contributed by atoms with Crippen molar-refractivity contribution in [3.63, 3.8) is 0 Å². The van der Waals surface area contributed by atoms with E-state index in [1.807, 2.05) is 6.92 Å². The van der Waals surface area contributed by atoms with Gasteiger partial charge in [0.1, 0.15) is 0 Å². The van der Waals surface area contributed by atoms with Crippen molar-refractivity contribution >= 4 is 11.8 Å². The molecular weight excluding hydrogens is 279 g/mol. The van der Waals surface area contributed by atoms with Crippen LogP contribution in [-0.4, -0.2) is 25.0 Å². The van der Waals surface area contributed by atoms with Gasteiger partial charge in [0.25, 0.3) is 0 Å². The zero-order chi connectivity index (χ0) is 14.5. The van der Waals surface area contributed by atoms with Crippen molar-refractivity contribution in [2.45, 2.75) is 18.5 Å². The van der Waals surface area contributed by atoms with Gasteiger partial charge in [-0.1, -0.05) is 6.07 Å². The Morgan fingerprint density at radius 2 is 2.00 bits per heavy atom. The predicted molar refractivity (Wildman–Crippen MR) is 69.6 cm³/mol. The molecule has 0 unspecified atom stereocenters. The van der Waals surface area contributed by atoms with Crippen molar-refractivity contribution in [3.05, 3.63) is 23.8 Å². The molecule has 0 amide bonds. The molecule has 0 aromatic heterocycles. The summed E-state index contributed by atoms with van der Waals surface area (Å²) in [6.45, 7) is 1.79. The fraction of sp³-hybridized carbons (Fsp3) is 0.500. The van der Waals surface area contributed by atoms with Crippen molar-refractivity contribution in [1.82, 2.24) is 0 Å². The van der Waals surface area contributed by atoms with E-state index < -0.39 is 5.51 Å². The minimum Gasteiger partial charge on any atom is -0.493 e. The van der Waals surface area contributed by atoms with Gasteiger partial charge in [-0.05, 0) is 36.4 Å². The molecule has 19 heavy (non-hydrogen) atoms. The van der Waals surface area contributed by atoms with Crippen LogP contribution in [0.15, 0.2) is 18.2 Å². The number of hydrogen-bond donors (Lipinski definition) is 1. The fourth-order valence-electron chi connectivity index (χ4n) is 1.40. The number of halogens is 3. The van der Waals surface area contributed by atoms with Crippen LogP contribution < -0.4 is 15.2 Å². The second-order valence-corrected chi connectivity index (χ2v) is 5.00. The van der Waals surface area contributed by atoms with Crippen LogP contribution in [0, 0.1) is 0 Å². The maximum atomic E-state index is 11.9. The maximum Gasteiger partial charge on any atom is 0.441 e. The van der Waals surface area contributed by atoms with Gasteiger partial charge in [0.15, 0.2) is 11.5 Å². The van der Waals surface area contributed by atoms with Gasteiger partial charge in [-0.3, -0.25) is 0 Å². The van der Waals surface area contributed by atoms with E-state index in [-0.39, 0.29) is 30.2 Å². The van der Waals surface area contributed by atoms with Crippen LogP contribution in [0.1, 0.15) is 18.5 Å². The summed E-state index contributed by atoms with van der Waals surface area (Å²) in [5.74, 6) is 0.711. The van der Waals surface area contributed by atoms with Crippen molar-refractivity contribution in [1.29, 1.82) is 0 Å². The molecule has 0 radical (unpaired) electrons. The average Bonchev–Trinajstić information content (AvgIpc) is 2.33. The zero-order valence-electron chi connectivity index (χ0n) is 10.7. The molecule has 1 aromatic rings. The quantitative estimate of drug-likeness (QED) is 0.817. The summed E-state index contributed by atoms with van der Waals surface area (Å²) in [6.07, 6.45) is 0. The zero-order valence-corrected chi connectivity index (χ0v) is 11.5. The van der Waals surface area contributed by atoms with Gasteiger partial charge >= 0.3 is 5.51 Å². The Balaban J connectivity index is 2.58. The Kier molecular flexibility index (Phi) is 5.81. The number of ether oxygens (including phenoxy) is 2. The predicted octanol–water partition coefficient (Wildman–Crippen LogP) is 3.35. The summed E-state index contributed by atoms with van der Waals surface area (Å²) in [4.78, 5) is 0. The first-order valence-electron chi connectivity index (χ1n) is 5.60. The lowest BCUT2D eigenvalue weighted by molar-refractivity contribution is -0.0329. The Hall–Kier alpha value is -1.08. The van der Waals surface area contributed by atoms with E-state index in [1.54, 1.807) is 18.2 Å². The highest BCUT2D eigenvalue weighted by Crippen LogP contribution is 2.32. The molecule has 0 saturated carbocycles. The summed E-state index contributed by atoms with van der Waals surface area (Å²) in [7, 11) is 1.47. The van der Waals surface area contributed by atoms with E-state index in [2.05, 4.69) is 0 Å². The standard InChI is InChI=1S/C12H16F3NO2S/c1-8(16)9-3-4-10(11(7-9)17-2)18-5-6-19-12(13,14)15/h3-4,7-8H,5-6,16H2,1-2H3/t8-/m0/s1. The first-order chi connectivity index (χ1) is 8.83. The Morgan fingerprint density at radius 3 is 2.53 bits per heavy atom. The molecule has 0 spiro atoms. The Labute approximate surface area is 114 Å². The molecule has 1 atom stereocenters. The van der Waals surface area contributed by atoms with E-state index >= 15 is 0 Å². The first kappa shape index (κ1) is 16.0. The molecule has 2 N–H and O–H groups in total.